The van der Waals surface area contributed by atoms with E-state index in [9.17, 15) is 9.59 Å². The molecule has 0 saturated heterocycles. The number of hydrogen-bond donors (Lipinski definition) is 0. The van der Waals surface area contributed by atoms with Crippen molar-refractivity contribution in [2.24, 2.45) is 18.9 Å². The average molecular weight is 444 g/mol. The highest BCUT2D eigenvalue weighted by molar-refractivity contribution is 5.90. The largest absolute Gasteiger partial charge is 0.497 e. The summed E-state index contributed by atoms with van der Waals surface area (Å²) in [5, 5.41) is 1.06. The van der Waals surface area contributed by atoms with Crippen molar-refractivity contribution in [2.75, 3.05) is 7.11 Å². The number of ether oxygens (including phenoxy) is 1. The van der Waals surface area contributed by atoms with Gasteiger partial charge in [0.05, 0.1) is 23.7 Å². The number of fused-ring (bicyclic) bond motifs is 2. The van der Waals surface area contributed by atoms with E-state index in [4.69, 9.17) is 4.74 Å². The van der Waals surface area contributed by atoms with Crippen LogP contribution in [0.4, 0.5) is 0 Å². The van der Waals surface area contributed by atoms with Crippen molar-refractivity contribution in [3.63, 3.8) is 0 Å². The minimum absolute atomic E-state index is 0.000943. The van der Waals surface area contributed by atoms with Crippen LogP contribution in [-0.2, 0) is 24.8 Å². The highest BCUT2D eigenvalue weighted by Gasteiger charge is 2.27. The molecule has 5 rings (SSSR count). The van der Waals surface area contributed by atoms with E-state index in [1.165, 1.54) is 0 Å². The minimum Gasteiger partial charge on any atom is -0.497 e. The fourth-order valence-electron chi connectivity index (χ4n) is 5.27. The molecule has 0 bridgehead atoms. The number of aryl methyl sites for hydroxylation is 1. The summed E-state index contributed by atoms with van der Waals surface area (Å²) in [5.74, 6) is 1.56. The molecule has 6 heteroatoms. The second-order valence-electron chi connectivity index (χ2n) is 9.15. The predicted octanol–water partition coefficient (Wildman–Crippen LogP) is 4.52. The van der Waals surface area contributed by atoms with Crippen molar-refractivity contribution in [1.82, 2.24) is 14.1 Å². The fourth-order valence-corrected chi connectivity index (χ4v) is 5.27. The van der Waals surface area contributed by atoms with Crippen LogP contribution in [0.2, 0.25) is 0 Å². The predicted molar refractivity (Wildman–Crippen MR) is 130 cm³/mol. The maximum absolute atomic E-state index is 13.1. The van der Waals surface area contributed by atoms with E-state index in [0.29, 0.717) is 24.7 Å². The lowest BCUT2D eigenvalue weighted by Gasteiger charge is -2.28. The molecule has 2 heterocycles. The molecule has 33 heavy (non-hydrogen) atoms. The zero-order chi connectivity index (χ0) is 22.9. The van der Waals surface area contributed by atoms with Crippen molar-refractivity contribution in [1.29, 1.82) is 0 Å². The first kappa shape index (κ1) is 21.4. The number of pyridine rings is 1. The normalized spacial score (nSPS) is 18.6. The Bertz CT molecular complexity index is 1370. The van der Waals surface area contributed by atoms with Crippen LogP contribution in [-0.4, -0.2) is 27.0 Å². The molecule has 0 N–H and O–H groups in total. The Morgan fingerprint density at radius 2 is 1.88 bits per heavy atom. The van der Waals surface area contributed by atoms with Gasteiger partial charge < -0.3 is 4.74 Å². The number of nitrogens with zero attached hydrogens (tertiary/aromatic N) is 3. The molecule has 0 unspecified atom stereocenters. The van der Waals surface area contributed by atoms with E-state index in [0.717, 1.165) is 58.9 Å². The van der Waals surface area contributed by atoms with Crippen LogP contribution in [0.5, 0.6) is 5.75 Å². The molecule has 6 nitrogen and oxygen atoms in total. The van der Waals surface area contributed by atoms with Gasteiger partial charge in [-0.05, 0) is 61.4 Å². The summed E-state index contributed by atoms with van der Waals surface area (Å²) in [5.41, 5.74) is 3.81. The van der Waals surface area contributed by atoms with Crippen molar-refractivity contribution >= 4 is 27.7 Å². The Morgan fingerprint density at radius 3 is 2.67 bits per heavy atom. The van der Waals surface area contributed by atoms with E-state index >= 15 is 0 Å². The molecule has 0 atom stereocenters. The number of hydrogen-bond acceptors (Lipinski definition) is 4. The molecule has 0 spiro atoms. The first-order chi connectivity index (χ1) is 16.0. The highest BCUT2D eigenvalue weighted by atomic mass is 16.5. The average Bonchev–Trinajstić information content (AvgIpc) is 3.09. The molecule has 1 saturated carbocycles. The zero-order valence-corrected chi connectivity index (χ0v) is 19.2. The van der Waals surface area contributed by atoms with Gasteiger partial charge in [0, 0.05) is 43.6 Å². The van der Waals surface area contributed by atoms with E-state index in [2.05, 4.69) is 4.98 Å². The SMILES string of the molecule is COc1ccc2c(c1)n(CC1CCC(C(=O)Cc3cccc4ncccc34)CC1)c(=O)n2C. The van der Waals surface area contributed by atoms with Gasteiger partial charge in [-0.25, -0.2) is 4.79 Å². The number of Topliss-reactive ketones (excluding diaryl/α,β-unsaturated/α-hetero) is 1. The van der Waals surface area contributed by atoms with Gasteiger partial charge >= 0.3 is 5.69 Å². The molecule has 0 amide bonds. The van der Waals surface area contributed by atoms with Gasteiger partial charge in [-0.15, -0.1) is 0 Å². The summed E-state index contributed by atoms with van der Waals surface area (Å²) in [6.07, 6.45) is 5.93. The Kier molecular flexibility index (Phi) is 5.75. The molecule has 4 aromatic rings. The smallest absolute Gasteiger partial charge is 0.328 e. The lowest BCUT2D eigenvalue weighted by Crippen LogP contribution is -2.29. The third-order valence-corrected chi connectivity index (χ3v) is 7.20. The van der Waals surface area contributed by atoms with Crippen LogP contribution in [0.3, 0.4) is 0 Å². The number of methoxy groups -OCH3 is 1. The summed E-state index contributed by atoms with van der Waals surface area (Å²) in [7, 11) is 3.45. The van der Waals surface area contributed by atoms with Crippen molar-refractivity contribution in [3.8, 4) is 5.75 Å². The minimum atomic E-state index is 0.000943. The lowest BCUT2D eigenvalue weighted by molar-refractivity contribution is -0.123. The molecule has 1 aliphatic carbocycles. The summed E-state index contributed by atoms with van der Waals surface area (Å²) in [6.45, 7) is 0.680. The first-order valence-electron chi connectivity index (χ1n) is 11.6. The molecule has 0 aliphatic heterocycles. The number of benzene rings is 2. The lowest BCUT2D eigenvalue weighted by atomic mass is 9.78. The van der Waals surface area contributed by atoms with E-state index in [1.54, 1.807) is 17.9 Å². The number of rotatable bonds is 6. The van der Waals surface area contributed by atoms with Gasteiger partial charge in [0.2, 0.25) is 0 Å². The molecule has 170 valence electrons. The molecule has 1 aliphatic rings. The summed E-state index contributed by atoms with van der Waals surface area (Å²) in [6, 6.07) is 15.7. The molecule has 0 radical (unpaired) electrons. The summed E-state index contributed by atoms with van der Waals surface area (Å²) >= 11 is 0. The second kappa shape index (κ2) is 8.85. The number of aromatic nitrogens is 3. The number of carbonyl (C=O) groups excluding carboxylic acids is 1. The fraction of sp³-hybridized carbons (Fsp3) is 0.370. The van der Waals surface area contributed by atoms with Crippen LogP contribution in [0, 0.1) is 11.8 Å². The van der Waals surface area contributed by atoms with Crippen molar-refractivity contribution < 1.29 is 9.53 Å². The Balaban J connectivity index is 1.27. The summed E-state index contributed by atoms with van der Waals surface area (Å²) in [4.78, 5) is 30.4. The zero-order valence-electron chi connectivity index (χ0n) is 19.2. The highest BCUT2D eigenvalue weighted by Crippen LogP contribution is 2.32. The Hall–Kier alpha value is -3.41. The number of carbonyl (C=O) groups is 1. The van der Waals surface area contributed by atoms with Crippen LogP contribution in [0.25, 0.3) is 21.9 Å². The van der Waals surface area contributed by atoms with E-state index < -0.39 is 0 Å². The first-order valence-corrected chi connectivity index (χ1v) is 11.6. The van der Waals surface area contributed by atoms with Gasteiger partial charge in [0.15, 0.2) is 0 Å². The molecular formula is C27H29N3O3. The van der Waals surface area contributed by atoms with Crippen molar-refractivity contribution in [3.05, 3.63) is 70.8 Å². The molecular weight excluding hydrogens is 414 g/mol. The second-order valence-corrected chi connectivity index (χ2v) is 9.15. The van der Waals surface area contributed by atoms with Gasteiger partial charge in [0.1, 0.15) is 11.5 Å². The number of ketones is 1. The maximum atomic E-state index is 13.1. The van der Waals surface area contributed by atoms with Crippen LogP contribution >= 0.6 is 0 Å². The summed E-state index contributed by atoms with van der Waals surface area (Å²) < 4.78 is 8.93. The van der Waals surface area contributed by atoms with Gasteiger partial charge in [0.25, 0.3) is 0 Å². The molecule has 2 aromatic carbocycles. The Labute approximate surface area is 192 Å². The van der Waals surface area contributed by atoms with Crippen molar-refractivity contribution in [2.45, 2.75) is 38.6 Å². The van der Waals surface area contributed by atoms with E-state index in [-0.39, 0.29) is 11.6 Å². The van der Waals surface area contributed by atoms with Gasteiger partial charge in [-0.3, -0.25) is 18.9 Å². The van der Waals surface area contributed by atoms with Crippen LogP contribution in [0.15, 0.2) is 59.5 Å². The number of imidazole rings is 1. The maximum Gasteiger partial charge on any atom is 0.328 e. The van der Waals surface area contributed by atoms with Crippen LogP contribution < -0.4 is 10.4 Å². The topological polar surface area (TPSA) is 66.1 Å². The van der Waals surface area contributed by atoms with Gasteiger partial charge in [-0.2, -0.15) is 0 Å². The van der Waals surface area contributed by atoms with E-state index in [1.807, 2.05) is 60.1 Å². The van der Waals surface area contributed by atoms with Gasteiger partial charge in [-0.1, -0.05) is 18.2 Å². The standard InChI is InChI=1S/C27H29N3O3/c1-29-24-13-12-21(33-2)16-25(24)30(27(29)32)17-18-8-10-19(11-9-18)26(31)15-20-5-3-7-23-22(20)6-4-14-28-23/h3-7,12-14,16,18-19H,8-11,15,17H2,1-2H3. The third-order valence-electron chi connectivity index (χ3n) is 7.20. The third kappa shape index (κ3) is 4.06. The monoisotopic (exact) mass is 443 g/mol. The Morgan fingerprint density at radius 1 is 1.06 bits per heavy atom. The molecule has 1 fully saturated rings. The quantitative estimate of drug-likeness (QED) is 0.440. The molecule has 2 aromatic heterocycles. The van der Waals surface area contributed by atoms with Crippen LogP contribution in [0.1, 0.15) is 31.2 Å².